The van der Waals surface area contributed by atoms with Gasteiger partial charge in [0.05, 0.1) is 12.3 Å². The van der Waals surface area contributed by atoms with Crippen LogP contribution in [-0.2, 0) is 11.3 Å². The Labute approximate surface area is 126 Å². The van der Waals surface area contributed by atoms with E-state index in [9.17, 15) is 0 Å². The number of fused-ring (bicyclic) bond motifs is 1. The molecule has 0 spiro atoms. The first-order valence-corrected chi connectivity index (χ1v) is 7.61. The maximum Gasteiger partial charge on any atom is 0.152 e. The van der Waals surface area contributed by atoms with E-state index in [4.69, 9.17) is 9.72 Å². The van der Waals surface area contributed by atoms with Gasteiger partial charge in [0.15, 0.2) is 5.82 Å². The summed E-state index contributed by atoms with van der Waals surface area (Å²) in [6, 6.07) is 6.54. The summed E-state index contributed by atoms with van der Waals surface area (Å²) in [5.41, 5.74) is 2.18. The Kier molecular flexibility index (Phi) is 5.59. The molecule has 0 saturated carbocycles. The van der Waals surface area contributed by atoms with Crippen LogP contribution in [0.25, 0.3) is 5.65 Å². The lowest BCUT2D eigenvalue weighted by atomic mass is 10.3. The van der Waals surface area contributed by atoms with Gasteiger partial charge >= 0.3 is 0 Å². The summed E-state index contributed by atoms with van der Waals surface area (Å²) in [6.07, 6.45) is 2.07. The summed E-state index contributed by atoms with van der Waals surface area (Å²) in [6.45, 7) is 9.44. The SMILES string of the molecule is CCOCCN(C)c1nc2ccccn2c1CNC(C)C. The van der Waals surface area contributed by atoms with Crippen molar-refractivity contribution < 1.29 is 4.74 Å². The second-order valence-electron chi connectivity index (χ2n) is 5.47. The molecule has 116 valence electrons. The van der Waals surface area contributed by atoms with Gasteiger partial charge in [-0.25, -0.2) is 4.98 Å². The van der Waals surface area contributed by atoms with E-state index in [2.05, 4.69) is 41.7 Å². The first-order chi connectivity index (χ1) is 10.1. The molecule has 2 heterocycles. The van der Waals surface area contributed by atoms with E-state index in [1.807, 2.05) is 25.1 Å². The van der Waals surface area contributed by atoms with Gasteiger partial charge in [0.2, 0.25) is 0 Å². The van der Waals surface area contributed by atoms with Crippen molar-refractivity contribution in [1.29, 1.82) is 0 Å². The maximum absolute atomic E-state index is 5.45. The maximum atomic E-state index is 5.45. The van der Waals surface area contributed by atoms with Crippen LogP contribution in [0, 0.1) is 0 Å². The second kappa shape index (κ2) is 7.43. The number of aromatic nitrogens is 2. The predicted molar refractivity (Wildman–Crippen MR) is 86.9 cm³/mol. The first-order valence-electron chi connectivity index (χ1n) is 7.61. The van der Waals surface area contributed by atoms with Crippen LogP contribution in [0.4, 0.5) is 5.82 Å². The fraction of sp³-hybridized carbons (Fsp3) is 0.562. The van der Waals surface area contributed by atoms with E-state index in [1.165, 1.54) is 5.69 Å². The zero-order chi connectivity index (χ0) is 15.2. The lowest BCUT2D eigenvalue weighted by Crippen LogP contribution is -2.27. The minimum atomic E-state index is 0.445. The number of imidazole rings is 1. The van der Waals surface area contributed by atoms with Gasteiger partial charge in [-0.1, -0.05) is 19.9 Å². The summed E-state index contributed by atoms with van der Waals surface area (Å²) in [5, 5.41) is 3.48. The van der Waals surface area contributed by atoms with Crippen LogP contribution in [0.5, 0.6) is 0 Å². The summed E-state index contributed by atoms with van der Waals surface area (Å²) in [4.78, 5) is 6.93. The third kappa shape index (κ3) is 3.95. The monoisotopic (exact) mass is 290 g/mol. The van der Waals surface area contributed by atoms with E-state index in [-0.39, 0.29) is 0 Å². The lowest BCUT2D eigenvalue weighted by Gasteiger charge is -2.19. The van der Waals surface area contributed by atoms with Crippen molar-refractivity contribution in [2.45, 2.75) is 33.4 Å². The van der Waals surface area contributed by atoms with Crippen molar-refractivity contribution in [3.63, 3.8) is 0 Å². The van der Waals surface area contributed by atoms with Crippen LogP contribution in [0.15, 0.2) is 24.4 Å². The van der Waals surface area contributed by atoms with Gasteiger partial charge in [-0.05, 0) is 19.1 Å². The van der Waals surface area contributed by atoms with E-state index in [0.717, 1.165) is 37.8 Å². The Bertz CT molecular complexity index is 564. The van der Waals surface area contributed by atoms with E-state index >= 15 is 0 Å². The molecular formula is C16H26N4O. The molecule has 0 aromatic carbocycles. The number of hydrogen-bond donors (Lipinski definition) is 1. The van der Waals surface area contributed by atoms with Crippen molar-refractivity contribution in [3.8, 4) is 0 Å². The fourth-order valence-electron chi connectivity index (χ4n) is 2.26. The zero-order valence-corrected chi connectivity index (χ0v) is 13.5. The highest BCUT2D eigenvalue weighted by Gasteiger charge is 2.15. The van der Waals surface area contributed by atoms with Crippen molar-refractivity contribution in [2.24, 2.45) is 0 Å². The number of nitrogens with one attached hydrogen (secondary N) is 1. The predicted octanol–water partition coefficient (Wildman–Crippen LogP) is 2.31. The Morgan fingerprint density at radius 2 is 2.19 bits per heavy atom. The van der Waals surface area contributed by atoms with E-state index in [0.29, 0.717) is 6.04 Å². The molecule has 0 aliphatic rings. The van der Waals surface area contributed by atoms with Crippen LogP contribution in [0.1, 0.15) is 26.5 Å². The van der Waals surface area contributed by atoms with Gasteiger partial charge in [-0.2, -0.15) is 0 Å². The van der Waals surface area contributed by atoms with Crippen molar-refractivity contribution in [1.82, 2.24) is 14.7 Å². The molecule has 0 atom stereocenters. The minimum absolute atomic E-state index is 0.445. The average Bonchev–Trinajstić information content (AvgIpc) is 2.84. The molecule has 0 amide bonds. The highest BCUT2D eigenvalue weighted by molar-refractivity contribution is 5.55. The topological polar surface area (TPSA) is 41.8 Å². The molecule has 2 aromatic rings. The molecule has 5 heteroatoms. The highest BCUT2D eigenvalue weighted by atomic mass is 16.5. The number of rotatable bonds is 8. The summed E-state index contributed by atoms with van der Waals surface area (Å²) in [5.74, 6) is 1.02. The number of hydrogen-bond acceptors (Lipinski definition) is 4. The Balaban J connectivity index is 2.25. The van der Waals surface area contributed by atoms with E-state index < -0.39 is 0 Å². The standard InChI is InChI=1S/C16H26N4O/c1-5-21-11-10-19(4)16-14(12-17-13(2)3)20-9-7-6-8-15(20)18-16/h6-9,13,17H,5,10-12H2,1-4H3. The van der Waals surface area contributed by atoms with Crippen LogP contribution >= 0.6 is 0 Å². The average molecular weight is 290 g/mol. The fourth-order valence-corrected chi connectivity index (χ4v) is 2.26. The molecule has 0 fully saturated rings. The van der Waals surface area contributed by atoms with Gasteiger partial charge < -0.3 is 19.4 Å². The number of anilines is 1. The van der Waals surface area contributed by atoms with Gasteiger partial charge in [0.1, 0.15) is 5.65 Å². The van der Waals surface area contributed by atoms with Crippen molar-refractivity contribution >= 4 is 11.5 Å². The largest absolute Gasteiger partial charge is 0.380 e. The summed E-state index contributed by atoms with van der Waals surface area (Å²) in [7, 11) is 2.07. The Morgan fingerprint density at radius 1 is 1.38 bits per heavy atom. The molecule has 21 heavy (non-hydrogen) atoms. The number of nitrogens with zero attached hydrogens (tertiary/aromatic N) is 3. The third-order valence-corrected chi connectivity index (χ3v) is 3.42. The summed E-state index contributed by atoms with van der Waals surface area (Å²) < 4.78 is 7.60. The second-order valence-corrected chi connectivity index (χ2v) is 5.47. The molecule has 2 rings (SSSR count). The first kappa shape index (κ1) is 15.8. The quantitative estimate of drug-likeness (QED) is 0.758. The number of pyridine rings is 1. The normalized spacial score (nSPS) is 11.5. The minimum Gasteiger partial charge on any atom is -0.380 e. The molecule has 0 bridgehead atoms. The van der Waals surface area contributed by atoms with Crippen molar-refractivity contribution in [3.05, 3.63) is 30.1 Å². The van der Waals surface area contributed by atoms with Gasteiger partial charge in [-0.3, -0.25) is 0 Å². The Morgan fingerprint density at radius 3 is 2.90 bits per heavy atom. The van der Waals surface area contributed by atoms with Crippen LogP contribution in [-0.4, -0.2) is 42.2 Å². The molecule has 0 aliphatic heterocycles. The zero-order valence-electron chi connectivity index (χ0n) is 13.5. The molecular weight excluding hydrogens is 264 g/mol. The molecule has 5 nitrogen and oxygen atoms in total. The number of ether oxygens (including phenoxy) is 1. The van der Waals surface area contributed by atoms with Gasteiger partial charge in [0.25, 0.3) is 0 Å². The highest BCUT2D eigenvalue weighted by Crippen LogP contribution is 2.20. The molecule has 2 aromatic heterocycles. The third-order valence-electron chi connectivity index (χ3n) is 3.42. The van der Waals surface area contributed by atoms with Crippen LogP contribution in [0.2, 0.25) is 0 Å². The molecule has 1 N–H and O–H groups in total. The van der Waals surface area contributed by atoms with Crippen LogP contribution in [0.3, 0.4) is 0 Å². The van der Waals surface area contributed by atoms with Crippen LogP contribution < -0.4 is 10.2 Å². The molecule has 0 aliphatic carbocycles. The molecule has 0 radical (unpaired) electrons. The van der Waals surface area contributed by atoms with Gasteiger partial charge in [-0.15, -0.1) is 0 Å². The van der Waals surface area contributed by atoms with Crippen molar-refractivity contribution in [2.75, 3.05) is 31.7 Å². The smallest absolute Gasteiger partial charge is 0.152 e. The molecule has 0 saturated heterocycles. The van der Waals surface area contributed by atoms with E-state index in [1.54, 1.807) is 0 Å². The Hall–Kier alpha value is -1.59. The number of likely N-dealkylation sites (N-methyl/N-ethyl adjacent to an activating group) is 1. The molecule has 0 unspecified atom stereocenters. The lowest BCUT2D eigenvalue weighted by molar-refractivity contribution is 0.154. The van der Waals surface area contributed by atoms with Gasteiger partial charge in [0, 0.05) is 39.0 Å². The summed E-state index contributed by atoms with van der Waals surface area (Å²) >= 11 is 0.